The molecule has 2 atom stereocenters. The first kappa shape index (κ1) is 15.6. The van der Waals surface area contributed by atoms with Gasteiger partial charge in [-0.1, -0.05) is 40.0 Å². The van der Waals surface area contributed by atoms with Crippen LogP contribution in [0.3, 0.4) is 0 Å². The van der Waals surface area contributed by atoms with Crippen LogP contribution in [0.15, 0.2) is 10.5 Å². The Morgan fingerprint density at radius 2 is 2.15 bits per heavy atom. The summed E-state index contributed by atoms with van der Waals surface area (Å²) >= 11 is 0. The summed E-state index contributed by atoms with van der Waals surface area (Å²) in [5, 5.41) is 3.84. The minimum Gasteiger partial charge on any atom is -0.466 e. The Balaban J connectivity index is 2.03. The summed E-state index contributed by atoms with van der Waals surface area (Å²) in [7, 11) is 0. The van der Waals surface area contributed by atoms with Gasteiger partial charge >= 0.3 is 0 Å². The van der Waals surface area contributed by atoms with Gasteiger partial charge in [0, 0.05) is 24.1 Å². The zero-order chi connectivity index (χ0) is 14.8. The van der Waals surface area contributed by atoms with E-state index in [2.05, 4.69) is 46.0 Å². The predicted octanol–water partition coefficient (Wildman–Crippen LogP) is 5.16. The smallest absolute Gasteiger partial charge is 0.109 e. The molecule has 0 saturated heterocycles. The lowest BCUT2D eigenvalue weighted by molar-refractivity contribution is 0.224. The Bertz CT molecular complexity index is 433. The van der Waals surface area contributed by atoms with Crippen LogP contribution < -0.4 is 5.32 Å². The highest BCUT2D eigenvalue weighted by molar-refractivity contribution is 5.29. The van der Waals surface area contributed by atoms with Crippen molar-refractivity contribution in [2.24, 2.45) is 5.41 Å². The third-order valence-corrected chi connectivity index (χ3v) is 4.46. The lowest BCUT2D eigenvalue weighted by Crippen LogP contribution is -2.37. The monoisotopic (exact) mass is 277 g/mol. The lowest BCUT2D eigenvalue weighted by Gasteiger charge is -2.36. The van der Waals surface area contributed by atoms with E-state index in [1.807, 2.05) is 0 Å². The van der Waals surface area contributed by atoms with Gasteiger partial charge < -0.3 is 9.73 Å². The topological polar surface area (TPSA) is 25.2 Å². The molecule has 1 aliphatic rings. The number of aryl methyl sites for hydroxylation is 1. The maximum Gasteiger partial charge on any atom is 0.109 e. The zero-order valence-corrected chi connectivity index (χ0v) is 13.9. The second-order valence-corrected chi connectivity index (χ2v) is 7.40. The largest absolute Gasteiger partial charge is 0.466 e. The minimum absolute atomic E-state index is 0.331. The van der Waals surface area contributed by atoms with Gasteiger partial charge in [0.25, 0.3) is 0 Å². The van der Waals surface area contributed by atoms with Gasteiger partial charge in [-0.2, -0.15) is 0 Å². The number of fused-ring (bicyclic) bond motifs is 1. The molecule has 1 aromatic heterocycles. The van der Waals surface area contributed by atoms with E-state index in [1.165, 1.54) is 43.4 Å². The molecule has 1 heterocycles. The summed E-state index contributed by atoms with van der Waals surface area (Å²) in [4.78, 5) is 0. The second-order valence-electron chi connectivity index (χ2n) is 7.40. The fourth-order valence-electron chi connectivity index (χ4n) is 3.46. The molecule has 1 N–H and O–H groups in total. The number of hydrogen-bond acceptors (Lipinski definition) is 2. The molecule has 0 aromatic carbocycles. The Hall–Kier alpha value is -0.760. The van der Waals surface area contributed by atoms with E-state index in [1.54, 1.807) is 0 Å². The fraction of sp³-hybridized carbons (Fsp3) is 0.778. The summed E-state index contributed by atoms with van der Waals surface area (Å²) in [5.74, 6) is 2.26. The van der Waals surface area contributed by atoms with E-state index >= 15 is 0 Å². The lowest BCUT2D eigenvalue weighted by atomic mass is 9.74. The van der Waals surface area contributed by atoms with Gasteiger partial charge in [-0.15, -0.1) is 0 Å². The molecule has 1 aromatic rings. The van der Waals surface area contributed by atoms with Gasteiger partial charge in [-0.25, -0.2) is 0 Å². The van der Waals surface area contributed by atoms with Crippen molar-refractivity contribution in [1.82, 2.24) is 5.32 Å². The normalized spacial score (nSPS) is 22.6. The number of hydrogen-bond donors (Lipinski definition) is 1. The Labute approximate surface area is 124 Å². The van der Waals surface area contributed by atoms with Gasteiger partial charge in [0.05, 0.1) is 0 Å². The van der Waals surface area contributed by atoms with Gasteiger partial charge in [0.1, 0.15) is 11.5 Å². The van der Waals surface area contributed by atoms with Crippen molar-refractivity contribution in [1.29, 1.82) is 0 Å². The molecule has 0 fully saturated rings. The highest BCUT2D eigenvalue weighted by atomic mass is 16.3. The molecule has 2 rings (SSSR count). The van der Waals surface area contributed by atoms with E-state index in [4.69, 9.17) is 4.42 Å². The molecule has 0 spiro atoms. The van der Waals surface area contributed by atoms with E-state index < -0.39 is 0 Å². The van der Waals surface area contributed by atoms with Crippen molar-refractivity contribution in [2.45, 2.75) is 85.2 Å². The summed E-state index contributed by atoms with van der Waals surface area (Å²) < 4.78 is 5.91. The number of nitrogens with one attached hydrogen (secondary N) is 1. The summed E-state index contributed by atoms with van der Waals surface area (Å²) in [6.45, 7) is 11.4. The van der Waals surface area contributed by atoms with Crippen molar-refractivity contribution in [3.05, 3.63) is 23.2 Å². The molecular weight excluding hydrogens is 246 g/mol. The first-order chi connectivity index (χ1) is 9.41. The molecule has 0 aliphatic heterocycles. The van der Waals surface area contributed by atoms with Gasteiger partial charge in [0.2, 0.25) is 0 Å². The number of rotatable bonds is 6. The quantitative estimate of drug-likeness (QED) is 0.727. The molecule has 1 aliphatic carbocycles. The SMILES string of the molecule is CCCCCC(C)NC1CC(C)(C)Cc2oc(C)cc21. The average molecular weight is 277 g/mol. The highest BCUT2D eigenvalue weighted by Crippen LogP contribution is 2.42. The predicted molar refractivity (Wildman–Crippen MR) is 85.0 cm³/mol. The standard InChI is InChI=1S/C18H31NO/c1-6-7-8-9-13(2)19-16-11-18(4,5)12-17-15(16)10-14(3)20-17/h10,13,16,19H,6-9,11-12H2,1-5H3. The summed E-state index contributed by atoms with van der Waals surface area (Å²) in [6.07, 6.45) is 7.52. The van der Waals surface area contributed by atoms with Gasteiger partial charge in [0.15, 0.2) is 0 Å². The molecule has 114 valence electrons. The van der Waals surface area contributed by atoms with E-state index in [0.717, 1.165) is 12.2 Å². The first-order valence-electron chi connectivity index (χ1n) is 8.26. The van der Waals surface area contributed by atoms with E-state index in [9.17, 15) is 0 Å². The molecule has 2 nitrogen and oxygen atoms in total. The van der Waals surface area contributed by atoms with E-state index in [-0.39, 0.29) is 0 Å². The van der Waals surface area contributed by atoms with E-state index in [0.29, 0.717) is 17.5 Å². The van der Waals surface area contributed by atoms with Gasteiger partial charge in [-0.3, -0.25) is 0 Å². The fourth-order valence-corrected chi connectivity index (χ4v) is 3.46. The van der Waals surface area contributed by atoms with Crippen LogP contribution in [-0.2, 0) is 6.42 Å². The van der Waals surface area contributed by atoms with Crippen LogP contribution in [0, 0.1) is 12.3 Å². The minimum atomic E-state index is 0.331. The third-order valence-electron chi connectivity index (χ3n) is 4.46. The second kappa shape index (κ2) is 6.34. The first-order valence-corrected chi connectivity index (χ1v) is 8.26. The number of furan rings is 1. The Kier molecular flexibility index (Phi) is 4.95. The molecule has 0 amide bonds. The number of unbranched alkanes of at least 4 members (excludes halogenated alkanes) is 2. The van der Waals surface area contributed by atoms with Crippen LogP contribution in [0.1, 0.15) is 82.9 Å². The van der Waals surface area contributed by atoms with Crippen LogP contribution in [0.5, 0.6) is 0 Å². The third kappa shape index (κ3) is 3.88. The molecule has 20 heavy (non-hydrogen) atoms. The van der Waals surface area contributed by atoms with Crippen molar-refractivity contribution in [2.75, 3.05) is 0 Å². The maximum atomic E-state index is 5.91. The van der Waals surface area contributed by atoms with Crippen molar-refractivity contribution >= 4 is 0 Å². The summed E-state index contributed by atoms with van der Waals surface area (Å²) in [6, 6.07) is 3.28. The zero-order valence-electron chi connectivity index (χ0n) is 13.9. The molecule has 0 radical (unpaired) electrons. The van der Waals surface area contributed by atoms with Crippen LogP contribution in [0.25, 0.3) is 0 Å². The molecule has 2 unspecified atom stereocenters. The van der Waals surface area contributed by atoms with Crippen LogP contribution in [-0.4, -0.2) is 6.04 Å². The van der Waals surface area contributed by atoms with Crippen LogP contribution in [0.4, 0.5) is 0 Å². The van der Waals surface area contributed by atoms with Crippen molar-refractivity contribution in [3.63, 3.8) is 0 Å². The molecule has 0 saturated carbocycles. The summed E-state index contributed by atoms with van der Waals surface area (Å²) in [5.41, 5.74) is 1.74. The van der Waals surface area contributed by atoms with Crippen molar-refractivity contribution < 1.29 is 4.42 Å². The molecule has 2 heteroatoms. The van der Waals surface area contributed by atoms with Crippen molar-refractivity contribution in [3.8, 4) is 0 Å². The molecular formula is C18H31NO. The van der Waals surface area contributed by atoms with Crippen LogP contribution >= 0.6 is 0 Å². The highest BCUT2D eigenvalue weighted by Gasteiger charge is 2.35. The maximum absolute atomic E-state index is 5.91. The molecule has 0 bridgehead atoms. The van der Waals surface area contributed by atoms with Gasteiger partial charge in [-0.05, 0) is 38.2 Å². The average Bonchev–Trinajstić information content (AvgIpc) is 2.68. The Morgan fingerprint density at radius 1 is 1.40 bits per heavy atom. The van der Waals surface area contributed by atoms with Crippen LogP contribution in [0.2, 0.25) is 0 Å². The Morgan fingerprint density at radius 3 is 2.85 bits per heavy atom.